The number of ether oxygens (including phenoxy) is 1. The van der Waals surface area contributed by atoms with Gasteiger partial charge in [-0.1, -0.05) is 53.7 Å². The van der Waals surface area contributed by atoms with Crippen molar-refractivity contribution in [3.05, 3.63) is 34.4 Å². The van der Waals surface area contributed by atoms with Gasteiger partial charge in [-0.15, -0.1) is 0 Å². The minimum absolute atomic E-state index is 0.247. The van der Waals surface area contributed by atoms with E-state index in [9.17, 15) is 0 Å². The van der Waals surface area contributed by atoms with Crippen molar-refractivity contribution in [3.8, 4) is 0 Å². The lowest BCUT2D eigenvalue weighted by molar-refractivity contribution is 0.108. The molecule has 1 aromatic carbocycles. The van der Waals surface area contributed by atoms with Crippen LogP contribution in [0.3, 0.4) is 0 Å². The molecule has 110 valence electrons. The lowest BCUT2D eigenvalue weighted by atomic mass is 9.53. The van der Waals surface area contributed by atoms with E-state index in [0.29, 0.717) is 11.8 Å². The van der Waals surface area contributed by atoms with Gasteiger partial charge in [0.1, 0.15) is 0 Å². The molecule has 0 aromatic heterocycles. The zero-order chi connectivity index (χ0) is 14.7. The summed E-state index contributed by atoms with van der Waals surface area (Å²) in [5.41, 5.74) is 6.57. The highest BCUT2D eigenvalue weighted by Crippen LogP contribution is 2.53. The Bertz CT molecular complexity index is 490. The van der Waals surface area contributed by atoms with E-state index in [0.717, 1.165) is 19.6 Å². The fourth-order valence-corrected chi connectivity index (χ4v) is 4.23. The maximum Gasteiger partial charge on any atom is 0.0719 e. The van der Waals surface area contributed by atoms with Crippen LogP contribution < -0.4 is 0 Å². The summed E-state index contributed by atoms with van der Waals surface area (Å²) in [6, 6.07) is 4.95. The molecule has 0 saturated heterocycles. The second-order valence-electron chi connectivity index (χ2n) is 7.99. The fraction of sp³-hybridized carbons (Fsp3) is 0.684. The first-order chi connectivity index (χ1) is 9.26. The van der Waals surface area contributed by atoms with Gasteiger partial charge in [-0.05, 0) is 51.3 Å². The van der Waals surface area contributed by atoms with Crippen LogP contribution in [0.1, 0.15) is 63.8 Å². The van der Waals surface area contributed by atoms with Crippen molar-refractivity contribution in [1.82, 2.24) is 0 Å². The third-order valence-electron chi connectivity index (χ3n) is 6.53. The molecular formula is C19H28O. The predicted molar refractivity (Wildman–Crippen MR) is 84.2 cm³/mol. The van der Waals surface area contributed by atoms with Crippen LogP contribution in [-0.2, 0) is 28.6 Å². The lowest BCUT2D eigenvalue weighted by Crippen LogP contribution is -2.47. The summed E-state index contributed by atoms with van der Waals surface area (Å²) in [5, 5.41) is 0. The molecule has 1 aromatic rings. The van der Waals surface area contributed by atoms with Gasteiger partial charge < -0.3 is 4.74 Å². The van der Waals surface area contributed by atoms with Gasteiger partial charge >= 0.3 is 0 Å². The van der Waals surface area contributed by atoms with Crippen molar-refractivity contribution in [3.63, 3.8) is 0 Å². The van der Waals surface area contributed by atoms with Gasteiger partial charge in [-0.3, -0.25) is 0 Å². The zero-order valence-corrected chi connectivity index (χ0v) is 13.8. The monoisotopic (exact) mass is 272 g/mol. The average molecular weight is 272 g/mol. The van der Waals surface area contributed by atoms with Gasteiger partial charge in [0, 0.05) is 0 Å². The molecule has 2 atom stereocenters. The third-order valence-corrected chi connectivity index (χ3v) is 6.53. The summed E-state index contributed by atoms with van der Waals surface area (Å²) in [6.45, 7) is 16.2. The Balaban J connectivity index is 2.25. The minimum Gasteiger partial charge on any atom is -0.376 e. The molecule has 0 spiro atoms. The minimum atomic E-state index is 0.247. The van der Waals surface area contributed by atoms with E-state index in [1.165, 1.54) is 11.1 Å². The lowest BCUT2D eigenvalue weighted by Gasteiger charge is -2.51. The average Bonchev–Trinajstić information content (AvgIpc) is 2.43. The molecule has 20 heavy (non-hydrogen) atoms. The summed E-state index contributed by atoms with van der Waals surface area (Å²) >= 11 is 0. The van der Waals surface area contributed by atoms with Gasteiger partial charge in [0.15, 0.2) is 0 Å². The van der Waals surface area contributed by atoms with E-state index in [4.69, 9.17) is 4.74 Å². The van der Waals surface area contributed by atoms with Crippen molar-refractivity contribution in [2.45, 2.75) is 65.4 Å². The summed E-state index contributed by atoms with van der Waals surface area (Å²) in [4.78, 5) is 0. The molecule has 0 N–H and O–H groups in total. The molecule has 1 heteroatoms. The van der Waals surface area contributed by atoms with E-state index in [1.54, 1.807) is 11.1 Å². The molecule has 1 aliphatic carbocycles. The smallest absolute Gasteiger partial charge is 0.0719 e. The van der Waals surface area contributed by atoms with Crippen molar-refractivity contribution in [1.29, 1.82) is 0 Å². The Morgan fingerprint density at radius 1 is 0.900 bits per heavy atom. The molecular weight excluding hydrogens is 244 g/mol. The quantitative estimate of drug-likeness (QED) is 0.670. The van der Waals surface area contributed by atoms with Crippen LogP contribution in [-0.4, -0.2) is 6.61 Å². The van der Waals surface area contributed by atoms with Crippen molar-refractivity contribution in [2.75, 3.05) is 6.61 Å². The highest BCUT2D eigenvalue weighted by atomic mass is 16.5. The van der Waals surface area contributed by atoms with Gasteiger partial charge in [0.2, 0.25) is 0 Å². The first-order valence-electron chi connectivity index (χ1n) is 8.00. The first-order valence-corrected chi connectivity index (χ1v) is 8.00. The van der Waals surface area contributed by atoms with Gasteiger partial charge in [0.25, 0.3) is 0 Å². The Morgan fingerprint density at radius 2 is 1.40 bits per heavy atom. The molecule has 3 rings (SSSR count). The Morgan fingerprint density at radius 3 is 1.95 bits per heavy atom. The van der Waals surface area contributed by atoms with Crippen LogP contribution >= 0.6 is 0 Å². The Kier molecular flexibility index (Phi) is 3.06. The second kappa shape index (κ2) is 4.34. The van der Waals surface area contributed by atoms with Crippen molar-refractivity contribution in [2.24, 2.45) is 11.8 Å². The zero-order valence-electron chi connectivity index (χ0n) is 13.8. The van der Waals surface area contributed by atoms with Crippen LogP contribution in [0.15, 0.2) is 12.1 Å². The van der Waals surface area contributed by atoms with Gasteiger partial charge in [0.05, 0.1) is 13.2 Å². The van der Waals surface area contributed by atoms with Gasteiger partial charge in [-0.2, -0.15) is 0 Å². The molecule has 0 amide bonds. The molecule has 2 unspecified atom stereocenters. The Labute approximate surface area is 123 Å². The summed E-state index contributed by atoms with van der Waals surface area (Å²) < 4.78 is 5.66. The maximum absolute atomic E-state index is 5.66. The van der Waals surface area contributed by atoms with E-state index in [1.807, 2.05) is 0 Å². The third kappa shape index (κ3) is 1.79. The highest BCUT2D eigenvalue weighted by molar-refractivity contribution is 5.48. The molecule has 2 aliphatic rings. The molecule has 0 saturated carbocycles. The predicted octanol–water partition coefficient (Wildman–Crippen LogP) is 4.60. The first kappa shape index (κ1) is 14.1. The number of hydrogen-bond donors (Lipinski definition) is 0. The highest BCUT2D eigenvalue weighted by Gasteiger charge is 2.47. The molecule has 0 fully saturated rings. The Hall–Kier alpha value is -0.820. The van der Waals surface area contributed by atoms with E-state index in [-0.39, 0.29) is 10.8 Å². The fourth-order valence-electron chi connectivity index (χ4n) is 4.23. The van der Waals surface area contributed by atoms with Gasteiger partial charge in [-0.25, -0.2) is 0 Å². The van der Waals surface area contributed by atoms with E-state index < -0.39 is 0 Å². The number of hydrogen-bond acceptors (Lipinski definition) is 1. The summed E-state index contributed by atoms with van der Waals surface area (Å²) in [7, 11) is 0. The topological polar surface area (TPSA) is 9.23 Å². The standard InChI is InChI=1S/C19H28O/c1-12-13(2)19(5,6)17-10-15-11-20-8-7-14(15)9-16(17)18(12,3)4/h9-10,12-13H,7-8,11H2,1-6H3. The normalized spacial score (nSPS) is 30.5. The summed E-state index contributed by atoms with van der Waals surface area (Å²) in [6.07, 6.45) is 1.07. The van der Waals surface area contributed by atoms with Crippen molar-refractivity contribution < 1.29 is 4.74 Å². The SMILES string of the molecule is CC1C(C)C(C)(C)c2cc3c(cc2C1(C)C)CCOC3. The van der Waals surface area contributed by atoms with E-state index >= 15 is 0 Å². The van der Waals surface area contributed by atoms with Crippen LogP contribution in [0.4, 0.5) is 0 Å². The number of benzene rings is 1. The largest absolute Gasteiger partial charge is 0.376 e. The molecule has 0 radical (unpaired) electrons. The van der Waals surface area contributed by atoms with E-state index in [2.05, 4.69) is 53.7 Å². The molecule has 1 heterocycles. The van der Waals surface area contributed by atoms with Crippen LogP contribution in [0.5, 0.6) is 0 Å². The van der Waals surface area contributed by atoms with Crippen LogP contribution in [0.2, 0.25) is 0 Å². The van der Waals surface area contributed by atoms with Crippen molar-refractivity contribution >= 4 is 0 Å². The molecule has 0 bridgehead atoms. The maximum atomic E-state index is 5.66. The van der Waals surface area contributed by atoms with Crippen LogP contribution in [0, 0.1) is 11.8 Å². The summed E-state index contributed by atoms with van der Waals surface area (Å²) in [5.74, 6) is 1.38. The second-order valence-corrected chi connectivity index (χ2v) is 7.99. The molecule has 1 aliphatic heterocycles. The number of rotatable bonds is 0. The van der Waals surface area contributed by atoms with Crippen LogP contribution in [0.25, 0.3) is 0 Å². The number of fused-ring (bicyclic) bond motifs is 2. The molecule has 1 nitrogen and oxygen atoms in total.